The Morgan fingerprint density at radius 2 is 2.07 bits per heavy atom. The van der Waals surface area contributed by atoms with Crippen molar-refractivity contribution in [3.05, 3.63) is 0 Å². The lowest BCUT2D eigenvalue weighted by molar-refractivity contribution is -0.174. The Morgan fingerprint density at radius 3 is 2.36 bits per heavy atom. The van der Waals surface area contributed by atoms with Crippen molar-refractivity contribution in [2.24, 2.45) is 0 Å². The van der Waals surface area contributed by atoms with Crippen molar-refractivity contribution in [1.82, 2.24) is 4.90 Å². The maximum atomic E-state index is 12.0. The smallest absolute Gasteiger partial charge is 0.401 e. The molecule has 1 fully saturated rings. The van der Waals surface area contributed by atoms with E-state index in [9.17, 15) is 18.0 Å². The van der Waals surface area contributed by atoms with Gasteiger partial charge < -0.3 is 9.84 Å². The summed E-state index contributed by atoms with van der Waals surface area (Å²) in [6, 6.07) is -0.423. The summed E-state index contributed by atoms with van der Waals surface area (Å²) in [5.41, 5.74) is 0. The van der Waals surface area contributed by atoms with Crippen LogP contribution in [0.3, 0.4) is 0 Å². The molecular weight excluding hydrogens is 203 g/mol. The van der Waals surface area contributed by atoms with Gasteiger partial charge in [-0.3, -0.25) is 9.69 Å². The molecule has 1 rings (SSSR count). The number of halogens is 3. The topological polar surface area (TPSA) is 49.8 Å². The fourth-order valence-corrected chi connectivity index (χ4v) is 1.15. The van der Waals surface area contributed by atoms with Gasteiger partial charge in [0.2, 0.25) is 0 Å². The van der Waals surface area contributed by atoms with Gasteiger partial charge in [0, 0.05) is 0 Å². The number of carboxylic acid groups (broad SMARTS) is 1. The van der Waals surface area contributed by atoms with Crippen LogP contribution in [0.25, 0.3) is 0 Å². The summed E-state index contributed by atoms with van der Waals surface area (Å²) in [6.45, 7) is -1.46. The minimum Gasteiger partial charge on any atom is -0.480 e. The van der Waals surface area contributed by atoms with Gasteiger partial charge in [0.25, 0.3) is 0 Å². The lowest BCUT2D eigenvalue weighted by Gasteiger charge is -2.36. The number of hydrogen-bond donors (Lipinski definition) is 1. The fourth-order valence-electron chi connectivity index (χ4n) is 1.15. The van der Waals surface area contributed by atoms with Crippen LogP contribution in [0.15, 0.2) is 0 Å². The number of carboxylic acids is 1. The van der Waals surface area contributed by atoms with Gasteiger partial charge in [-0.2, -0.15) is 13.2 Å². The minimum atomic E-state index is -4.37. The number of alkyl halides is 3. The average molecular weight is 213 g/mol. The SMILES string of the molecule is O=C(O)CN(CC(F)(F)F)C1COC1. The van der Waals surface area contributed by atoms with Crippen LogP contribution in [0.2, 0.25) is 0 Å². The molecule has 0 bridgehead atoms. The molecule has 82 valence electrons. The normalized spacial score (nSPS) is 18.3. The van der Waals surface area contributed by atoms with Crippen LogP contribution in [0.1, 0.15) is 0 Å². The van der Waals surface area contributed by atoms with Gasteiger partial charge in [-0.15, -0.1) is 0 Å². The van der Waals surface area contributed by atoms with Crippen molar-refractivity contribution in [1.29, 1.82) is 0 Å². The zero-order valence-corrected chi connectivity index (χ0v) is 7.25. The number of carbonyl (C=O) groups is 1. The Balaban J connectivity index is 2.47. The maximum Gasteiger partial charge on any atom is 0.401 e. The molecule has 0 aromatic carbocycles. The second kappa shape index (κ2) is 4.14. The molecule has 0 unspecified atom stereocenters. The second-order valence-corrected chi connectivity index (χ2v) is 3.11. The highest BCUT2D eigenvalue weighted by Gasteiger charge is 2.37. The summed E-state index contributed by atoms with van der Waals surface area (Å²) in [7, 11) is 0. The van der Waals surface area contributed by atoms with E-state index in [1.807, 2.05) is 0 Å². The van der Waals surface area contributed by atoms with Gasteiger partial charge in [-0.1, -0.05) is 0 Å². The third-order valence-electron chi connectivity index (χ3n) is 1.86. The zero-order chi connectivity index (χ0) is 10.8. The molecule has 0 aromatic heterocycles. The van der Waals surface area contributed by atoms with Gasteiger partial charge in [-0.05, 0) is 0 Å². The summed E-state index contributed by atoms with van der Waals surface area (Å²) in [5.74, 6) is -1.26. The molecule has 1 aliphatic rings. The molecule has 1 N–H and O–H groups in total. The lowest BCUT2D eigenvalue weighted by Crippen LogP contribution is -2.53. The van der Waals surface area contributed by atoms with Gasteiger partial charge >= 0.3 is 12.1 Å². The van der Waals surface area contributed by atoms with Crippen molar-refractivity contribution in [2.75, 3.05) is 26.3 Å². The molecule has 0 spiro atoms. The van der Waals surface area contributed by atoms with E-state index >= 15 is 0 Å². The summed E-state index contributed by atoms with van der Waals surface area (Å²) in [6.07, 6.45) is -4.37. The van der Waals surface area contributed by atoms with Crippen LogP contribution in [-0.4, -0.2) is 54.5 Å². The predicted molar refractivity (Wildman–Crippen MR) is 39.9 cm³/mol. The van der Waals surface area contributed by atoms with Crippen LogP contribution in [0.5, 0.6) is 0 Å². The van der Waals surface area contributed by atoms with Crippen molar-refractivity contribution in [2.45, 2.75) is 12.2 Å². The molecule has 0 radical (unpaired) electrons. The zero-order valence-electron chi connectivity index (χ0n) is 7.25. The Labute approximate surface area is 78.2 Å². The Bertz CT molecular complexity index is 215. The quantitative estimate of drug-likeness (QED) is 0.731. The molecule has 1 saturated heterocycles. The van der Waals surface area contributed by atoms with Gasteiger partial charge in [0.1, 0.15) is 0 Å². The number of hydrogen-bond acceptors (Lipinski definition) is 3. The number of ether oxygens (including phenoxy) is 1. The molecule has 7 heteroatoms. The monoisotopic (exact) mass is 213 g/mol. The fraction of sp³-hybridized carbons (Fsp3) is 0.857. The molecule has 0 aromatic rings. The molecule has 0 amide bonds. The van der Waals surface area contributed by atoms with Crippen LogP contribution in [0.4, 0.5) is 13.2 Å². The van der Waals surface area contributed by atoms with Gasteiger partial charge in [-0.25, -0.2) is 0 Å². The first-order valence-electron chi connectivity index (χ1n) is 3.99. The third-order valence-corrected chi connectivity index (χ3v) is 1.86. The standard InChI is InChI=1S/C7H10F3NO3/c8-7(9,10)4-11(1-6(12)13)5-2-14-3-5/h5H,1-4H2,(H,12,13). The maximum absolute atomic E-state index is 12.0. The molecule has 1 heterocycles. The molecule has 0 saturated carbocycles. The lowest BCUT2D eigenvalue weighted by atomic mass is 10.2. The van der Waals surface area contributed by atoms with E-state index in [4.69, 9.17) is 9.84 Å². The summed E-state index contributed by atoms with van der Waals surface area (Å²) < 4.78 is 40.7. The van der Waals surface area contributed by atoms with E-state index in [0.29, 0.717) is 0 Å². The first-order chi connectivity index (χ1) is 6.38. The first-order valence-corrected chi connectivity index (χ1v) is 3.99. The molecular formula is C7H10F3NO3. The summed E-state index contributed by atoms with van der Waals surface area (Å²) in [5, 5.41) is 8.40. The van der Waals surface area contributed by atoms with Crippen LogP contribution < -0.4 is 0 Å². The van der Waals surface area contributed by atoms with E-state index < -0.39 is 31.3 Å². The molecule has 1 aliphatic heterocycles. The molecule has 0 atom stereocenters. The van der Waals surface area contributed by atoms with Crippen molar-refractivity contribution < 1.29 is 27.8 Å². The van der Waals surface area contributed by atoms with E-state index in [1.165, 1.54) is 0 Å². The van der Waals surface area contributed by atoms with Crippen molar-refractivity contribution in [3.63, 3.8) is 0 Å². The first kappa shape index (κ1) is 11.3. The predicted octanol–water partition coefficient (Wildman–Crippen LogP) is 0.334. The Morgan fingerprint density at radius 1 is 1.50 bits per heavy atom. The molecule has 14 heavy (non-hydrogen) atoms. The van der Waals surface area contributed by atoms with Gasteiger partial charge in [0.05, 0.1) is 32.3 Å². The van der Waals surface area contributed by atoms with Gasteiger partial charge in [0.15, 0.2) is 0 Å². The number of aliphatic carboxylic acids is 1. The van der Waals surface area contributed by atoms with E-state index in [-0.39, 0.29) is 13.2 Å². The molecule has 0 aliphatic carbocycles. The summed E-state index contributed by atoms with van der Waals surface area (Å²) in [4.78, 5) is 11.2. The molecule has 4 nitrogen and oxygen atoms in total. The highest BCUT2D eigenvalue weighted by atomic mass is 19.4. The average Bonchev–Trinajstić information content (AvgIpc) is 1.75. The second-order valence-electron chi connectivity index (χ2n) is 3.11. The highest BCUT2D eigenvalue weighted by Crippen LogP contribution is 2.20. The highest BCUT2D eigenvalue weighted by molar-refractivity contribution is 5.69. The van der Waals surface area contributed by atoms with E-state index in [2.05, 4.69) is 0 Å². The van der Waals surface area contributed by atoms with Crippen LogP contribution in [-0.2, 0) is 9.53 Å². The van der Waals surface area contributed by atoms with E-state index in [0.717, 1.165) is 4.90 Å². The van der Waals surface area contributed by atoms with Crippen LogP contribution >= 0.6 is 0 Å². The Kier molecular flexibility index (Phi) is 3.33. The third kappa shape index (κ3) is 3.51. The van der Waals surface area contributed by atoms with Crippen LogP contribution in [0, 0.1) is 0 Å². The summed E-state index contributed by atoms with van der Waals surface area (Å²) >= 11 is 0. The minimum absolute atomic E-state index is 0.170. The Hall–Kier alpha value is -0.820. The van der Waals surface area contributed by atoms with Crippen molar-refractivity contribution >= 4 is 5.97 Å². The van der Waals surface area contributed by atoms with E-state index in [1.54, 1.807) is 0 Å². The number of rotatable bonds is 4. The van der Waals surface area contributed by atoms with Crippen molar-refractivity contribution in [3.8, 4) is 0 Å². The largest absolute Gasteiger partial charge is 0.480 e. The number of nitrogens with zero attached hydrogens (tertiary/aromatic N) is 1.